The molecule has 2 aromatic heterocycles. The maximum Gasteiger partial charge on any atom is 0.329 e. The molecule has 0 bridgehead atoms. The summed E-state index contributed by atoms with van der Waals surface area (Å²) in [5.74, 6) is 0.719. The van der Waals surface area contributed by atoms with E-state index in [1.165, 1.54) is 17.5 Å². The number of nitrogen functional groups attached to an aromatic ring is 1. The van der Waals surface area contributed by atoms with Gasteiger partial charge in [-0.15, -0.1) is 11.3 Å². The van der Waals surface area contributed by atoms with Crippen molar-refractivity contribution >= 4 is 33.8 Å². The summed E-state index contributed by atoms with van der Waals surface area (Å²) in [6.07, 6.45) is 3.92. The van der Waals surface area contributed by atoms with Gasteiger partial charge in [0.15, 0.2) is 0 Å². The van der Waals surface area contributed by atoms with E-state index >= 15 is 0 Å². The first kappa shape index (κ1) is 15.6. The molecule has 0 saturated heterocycles. The molecule has 0 aromatic carbocycles. The summed E-state index contributed by atoms with van der Waals surface area (Å²) in [7, 11) is 0. The van der Waals surface area contributed by atoms with E-state index in [1.54, 1.807) is 0 Å². The molecule has 2 aliphatic rings. The van der Waals surface area contributed by atoms with E-state index in [1.807, 2.05) is 4.90 Å². The van der Waals surface area contributed by atoms with Crippen LogP contribution in [-0.2, 0) is 13.0 Å². The number of nitro groups is 1. The first-order valence-electron chi connectivity index (χ1n) is 7.90. The summed E-state index contributed by atoms with van der Waals surface area (Å²) >= 11 is 1.41. The molecular weight excluding hydrogens is 342 g/mol. The molecule has 0 unspecified atom stereocenters. The molecule has 1 saturated carbocycles. The van der Waals surface area contributed by atoms with Crippen molar-refractivity contribution < 1.29 is 4.92 Å². The molecule has 3 heterocycles. The number of thiophene rings is 1. The molecule has 0 radical (unpaired) electrons. The summed E-state index contributed by atoms with van der Waals surface area (Å²) < 4.78 is 0. The van der Waals surface area contributed by atoms with Gasteiger partial charge in [0, 0.05) is 17.5 Å². The molecule has 4 rings (SSSR count). The predicted molar refractivity (Wildman–Crippen MR) is 93.5 cm³/mol. The highest BCUT2D eigenvalue weighted by molar-refractivity contribution is 7.16. The van der Waals surface area contributed by atoms with E-state index < -0.39 is 4.92 Å². The van der Waals surface area contributed by atoms with E-state index in [4.69, 9.17) is 5.73 Å². The summed E-state index contributed by atoms with van der Waals surface area (Å²) in [6, 6.07) is 2.42. The van der Waals surface area contributed by atoms with Crippen LogP contribution < -0.4 is 16.0 Å². The van der Waals surface area contributed by atoms with Crippen LogP contribution in [0, 0.1) is 21.4 Å². The molecule has 0 atom stereocenters. The molecule has 0 spiro atoms. The van der Waals surface area contributed by atoms with Crippen LogP contribution in [0.4, 0.5) is 22.5 Å². The average Bonchev–Trinajstić information content (AvgIpc) is 3.34. The van der Waals surface area contributed by atoms with Gasteiger partial charge in [0.2, 0.25) is 11.8 Å². The van der Waals surface area contributed by atoms with Crippen molar-refractivity contribution in [1.29, 1.82) is 5.26 Å². The highest BCUT2D eigenvalue weighted by Gasteiger charge is 2.29. The fraction of sp³-hybridized carbons (Fsp3) is 0.400. The molecule has 10 heteroatoms. The van der Waals surface area contributed by atoms with Crippen molar-refractivity contribution in [3.63, 3.8) is 0 Å². The van der Waals surface area contributed by atoms with Crippen LogP contribution in [-0.4, -0.2) is 27.5 Å². The van der Waals surface area contributed by atoms with Crippen molar-refractivity contribution in [3.8, 4) is 6.07 Å². The Hall–Kier alpha value is -2.93. The van der Waals surface area contributed by atoms with Gasteiger partial charge in [-0.25, -0.2) is 4.98 Å². The predicted octanol–water partition coefficient (Wildman–Crippen LogP) is 2.04. The van der Waals surface area contributed by atoms with Crippen LogP contribution in [0.25, 0.3) is 0 Å². The van der Waals surface area contributed by atoms with Gasteiger partial charge < -0.3 is 16.0 Å². The zero-order chi connectivity index (χ0) is 17.6. The second-order valence-electron chi connectivity index (χ2n) is 6.11. The molecule has 9 nitrogen and oxygen atoms in total. The number of nitriles is 1. The van der Waals surface area contributed by atoms with Crippen LogP contribution in [0.1, 0.15) is 28.8 Å². The fourth-order valence-corrected chi connectivity index (χ4v) is 3.98. The number of anilines is 3. The lowest BCUT2D eigenvalue weighted by Crippen LogP contribution is -2.31. The van der Waals surface area contributed by atoms with Gasteiger partial charge in [-0.3, -0.25) is 10.1 Å². The van der Waals surface area contributed by atoms with Crippen LogP contribution in [0.2, 0.25) is 0 Å². The molecule has 3 N–H and O–H groups in total. The second-order valence-corrected chi connectivity index (χ2v) is 7.24. The average molecular weight is 357 g/mol. The van der Waals surface area contributed by atoms with Crippen LogP contribution in [0.3, 0.4) is 0 Å². The van der Waals surface area contributed by atoms with Gasteiger partial charge in [-0.1, -0.05) is 0 Å². The molecular formula is C15H15N7O2S. The zero-order valence-electron chi connectivity index (χ0n) is 13.2. The third kappa shape index (κ3) is 2.83. The van der Waals surface area contributed by atoms with Crippen molar-refractivity contribution in [2.45, 2.75) is 31.8 Å². The summed E-state index contributed by atoms with van der Waals surface area (Å²) in [4.78, 5) is 22.3. The quantitative estimate of drug-likeness (QED) is 0.627. The topological polar surface area (TPSA) is 134 Å². The van der Waals surface area contributed by atoms with Gasteiger partial charge in [0.05, 0.1) is 17.0 Å². The Labute approximate surface area is 147 Å². The van der Waals surface area contributed by atoms with Crippen molar-refractivity contribution in [2.24, 2.45) is 0 Å². The Morgan fingerprint density at radius 1 is 1.52 bits per heavy atom. The third-order valence-corrected chi connectivity index (χ3v) is 5.40. The normalized spacial score (nSPS) is 16.2. The molecule has 1 aliphatic heterocycles. The number of hydrogen-bond acceptors (Lipinski definition) is 9. The Balaban J connectivity index is 1.63. The molecule has 0 amide bonds. The number of nitrogens with one attached hydrogen (secondary N) is 1. The maximum atomic E-state index is 11.2. The van der Waals surface area contributed by atoms with Crippen LogP contribution in [0.5, 0.6) is 0 Å². The van der Waals surface area contributed by atoms with Crippen molar-refractivity contribution in [2.75, 3.05) is 22.5 Å². The van der Waals surface area contributed by atoms with Gasteiger partial charge in [0.25, 0.3) is 0 Å². The minimum absolute atomic E-state index is 0.111. The van der Waals surface area contributed by atoms with Crippen molar-refractivity contribution in [1.82, 2.24) is 9.97 Å². The van der Waals surface area contributed by atoms with Gasteiger partial charge in [0.1, 0.15) is 17.3 Å². The Bertz CT molecular complexity index is 900. The van der Waals surface area contributed by atoms with E-state index in [9.17, 15) is 15.4 Å². The van der Waals surface area contributed by atoms with E-state index in [0.29, 0.717) is 36.0 Å². The highest BCUT2D eigenvalue weighted by atomic mass is 32.1. The zero-order valence-corrected chi connectivity index (χ0v) is 14.0. The Morgan fingerprint density at radius 3 is 3.00 bits per heavy atom. The van der Waals surface area contributed by atoms with Gasteiger partial charge >= 0.3 is 5.69 Å². The maximum absolute atomic E-state index is 11.2. The number of aromatic nitrogens is 2. The number of hydrogen-bond donors (Lipinski definition) is 2. The monoisotopic (exact) mass is 357 g/mol. The Morgan fingerprint density at radius 2 is 2.32 bits per heavy atom. The van der Waals surface area contributed by atoms with Crippen LogP contribution >= 0.6 is 11.3 Å². The standard InChI is InChI=1S/C15H15N7O2S/c16-5-10-9-3-4-21(7-12(9)25-13(10)17)15-18-6-11(22(23)24)14(20-15)19-8-1-2-8/h6,8H,1-4,7,17H2,(H,18,19,20). The van der Waals surface area contributed by atoms with Crippen LogP contribution in [0.15, 0.2) is 6.20 Å². The lowest BCUT2D eigenvalue weighted by molar-refractivity contribution is -0.384. The molecule has 2 aromatic rings. The smallest absolute Gasteiger partial charge is 0.329 e. The fourth-order valence-electron chi connectivity index (χ4n) is 2.90. The van der Waals surface area contributed by atoms with Gasteiger partial charge in [-0.05, 0) is 24.8 Å². The minimum Gasteiger partial charge on any atom is -0.389 e. The number of fused-ring (bicyclic) bond motifs is 1. The molecule has 128 valence electrons. The second kappa shape index (κ2) is 5.86. The third-order valence-electron chi connectivity index (χ3n) is 4.35. The summed E-state index contributed by atoms with van der Waals surface area (Å²) in [6.45, 7) is 1.19. The van der Waals surface area contributed by atoms with Gasteiger partial charge in [-0.2, -0.15) is 10.2 Å². The van der Waals surface area contributed by atoms with E-state index in [2.05, 4.69) is 21.4 Å². The largest absolute Gasteiger partial charge is 0.389 e. The molecule has 1 fully saturated rings. The lowest BCUT2D eigenvalue weighted by atomic mass is 10.0. The highest BCUT2D eigenvalue weighted by Crippen LogP contribution is 2.36. The first-order valence-corrected chi connectivity index (χ1v) is 8.71. The SMILES string of the molecule is N#Cc1c(N)sc2c1CCN(c1ncc([N+](=O)[O-])c(NC3CC3)n1)C2. The molecule has 25 heavy (non-hydrogen) atoms. The van der Waals surface area contributed by atoms with E-state index in [-0.39, 0.29) is 17.5 Å². The Kier molecular flexibility index (Phi) is 3.65. The number of rotatable bonds is 4. The molecule has 1 aliphatic carbocycles. The van der Waals surface area contributed by atoms with Crippen molar-refractivity contribution in [3.05, 3.63) is 32.3 Å². The van der Waals surface area contributed by atoms with E-state index in [0.717, 1.165) is 23.3 Å². The summed E-state index contributed by atoms with van der Waals surface area (Å²) in [5.41, 5.74) is 7.37. The lowest BCUT2D eigenvalue weighted by Gasteiger charge is -2.27. The minimum atomic E-state index is -0.470. The number of nitrogens with two attached hydrogens (primary N) is 1. The summed E-state index contributed by atoms with van der Waals surface area (Å²) in [5, 5.41) is 24.0. The number of nitrogens with zero attached hydrogens (tertiary/aromatic N) is 5. The first-order chi connectivity index (χ1) is 12.1.